The van der Waals surface area contributed by atoms with Crippen molar-refractivity contribution >= 4 is 44.8 Å². The fourth-order valence-corrected chi connectivity index (χ4v) is 2.87. The first-order valence-corrected chi connectivity index (χ1v) is 7.97. The molecule has 110 valence electrons. The lowest BCUT2D eigenvalue weighted by molar-refractivity contribution is 0.102. The number of halogens is 2. The number of sulfonamides is 1. The van der Waals surface area contributed by atoms with E-state index in [9.17, 15) is 13.2 Å². The smallest absolute Gasteiger partial charge is 0.257 e. The van der Waals surface area contributed by atoms with E-state index in [0.29, 0.717) is 10.7 Å². The average Bonchev–Trinajstić information content (AvgIpc) is 2.41. The van der Waals surface area contributed by atoms with Gasteiger partial charge in [-0.05, 0) is 30.3 Å². The van der Waals surface area contributed by atoms with Crippen LogP contribution in [0.1, 0.15) is 10.4 Å². The molecule has 1 amide bonds. The van der Waals surface area contributed by atoms with Gasteiger partial charge < -0.3 is 5.32 Å². The van der Waals surface area contributed by atoms with E-state index in [-0.39, 0.29) is 15.5 Å². The molecule has 2 aromatic rings. The molecule has 0 aromatic heterocycles. The summed E-state index contributed by atoms with van der Waals surface area (Å²) in [7, 11) is -4.00. The fourth-order valence-electron chi connectivity index (χ4n) is 1.68. The number of benzene rings is 2. The number of carbonyl (C=O) groups is 1. The number of nitrogens with two attached hydrogens (primary N) is 1. The monoisotopic (exact) mass is 344 g/mol. The maximum atomic E-state index is 12.2. The number of carbonyl (C=O) groups excluding carboxylic acids is 1. The van der Waals surface area contributed by atoms with Gasteiger partial charge in [0.2, 0.25) is 10.0 Å². The van der Waals surface area contributed by atoms with Gasteiger partial charge in [0, 0.05) is 5.02 Å². The van der Waals surface area contributed by atoms with Crippen LogP contribution in [0.25, 0.3) is 0 Å². The Morgan fingerprint density at radius 1 is 1.10 bits per heavy atom. The third-order valence-electron chi connectivity index (χ3n) is 2.62. The Hall–Kier alpha value is -1.60. The van der Waals surface area contributed by atoms with Gasteiger partial charge in [0.1, 0.15) is 0 Å². The third-order valence-corrected chi connectivity index (χ3v) is 4.13. The highest BCUT2D eigenvalue weighted by Gasteiger charge is 2.19. The summed E-state index contributed by atoms with van der Waals surface area (Å²) in [6.45, 7) is 0. The van der Waals surface area contributed by atoms with Gasteiger partial charge in [-0.15, -0.1) is 0 Å². The van der Waals surface area contributed by atoms with Crippen molar-refractivity contribution in [2.24, 2.45) is 5.14 Å². The van der Waals surface area contributed by atoms with Crippen molar-refractivity contribution in [1.29, 1.82) is 0 Å². The lowest BCUT2D eigenvalue weighted by atomic mass is 10.2. The van der Waals surface area contributed by atoms with Crippen LogP contribution in [-0.4, -0.2) is 14.3 Å². The van der Waals surface area contributed by atoms with Crippen LogP contribution in [0.5, 0.6) is 0 Å². The molecule has 0 aliphatic carbocycles. The molecule has 0 saturated heterocycles. The summed E-state index contributed by atoms with van der Waals surface area (Å²) in [5.41, 5.74) is 0.251. The Labute approximate surface area is 131 Å². The molecule has 0 fully saturated rings. The summed E-state index contributed by atoms with van der Waals surface area (Å²) in [6, 6.07) is 10.2. The van der Waals surface area contributed by atoms with E-state index in [0.717, 1.165) is 0 Å². The first-order valence-electron chi connectivity index (χ1n) is 5.67. The molecular formula is C13H10Cl2N2O3S. The molecule has 2 aromatic carbocycles. The maximum Gasteiger partial charge on any atom is 0.257 e. The van der Waals surface area contributed by atoms with Gasteiger partial charge in [0.15, 0.2) is 0 Å². The number of hydrogen-bond donors (Lipinski definition) is 2. The summed E-state index contributed by atoms with van der Waals surface area (Å²) in [4.78, 5) is 11.9. The minimum atomic E-state index is -4.00. The second-order valence-electron chi connectivity index (χ2n) is 4.12. The van der Waals surface area contributed by atoms with Crippen LogP contribution in [-0.2, 0) is 10.0 Å². The Bertz CT molecular complexity index is 807. The van der Waals surface area contributed by atoms with Gasteiger partial charge in [0.25, 0.3) is 5.91 Å². The van der Waals surface area contributed by atoms with Gasteiger partial charge >= 0.3 is 0 Å². The van der Waals surface area contributed by atoms with E-state index in [1.807, 2.05) is 0 Å². The van der Waals surface area contributed by atoms with Crippen molar-refractivity contribution in [1.82, 2.24) is 0 Å². The second-order valence-corrected chi connectivity index (χ2v) is 6.49. The van der Waals surface area contributed by atoms with Gasteiger partial charge in [-0.3, -0.25) is 4.79 Å². The molecule has 0 aliphatic rings. The topological polar surface area (TPSA) is 89.3 Å². The van der Waals surface area contributed by atoms with Crippen molar-refractivity contribution in [3.63, 3.8) is 0 Å². The number of rotatable bonds is 3. The molecule has 0 heterocycles. The van der Waals surface area contributed by atoms with Crippen LogP contribution < -0.4 is 10.5 Å². The summed E-state index contributed by atoms with van der Waals surface area (Å²) in [6.07, 6.45) is 0. The number of primary sulfonamides is 1. The molecule has 0 atom stereocenters. The summed E-state index contributed by atoms with van der Waals surface area (Å²) in [5.74, 6) is -0.635. The standard InChI is InChI=1S/C13H10Cl2N2O3S/c14-8-5-6-11(10(15)7-8)17-13(18)9-3-1-2-4-12(9)21(16,19)20/h1-7H,(H,17,18)(H2,16,19,20). The predicted octanol–water partition coefficient (Wildman–Crippen LogP) is 2.89. The Morgan fingerprint density at radius 3 is 2.38 bits per heavy atom. The molecule has 0 spiro atoms. The van der Waals surface area contributed by atoms with Crippen LogP contribution in [0.2, 0.25) is 10.0 Å². The van der Waals surface area contributed by atoms with E-state index in [2.05, 4.69) is 5.32 Å². The Morgan fingerprint density at radius 2 is 1.76 bits per heavy atom. The Kier molecular flexibility index (Phi) is 4.53. The number of hydrogen-bond acceptors (Lipinski definition) is 3. The Balaban J connectivity index is 2.38. The minimum absolute atomic E-state index is 0.0639. The van der Waals surface area contributed by atoms with E-state index in [1.54, 1.807) is 6.07 Å². The van der Waals surface area contributed by atoms with Crippen LogP contribution in [0.15, 0.2) is 47.4 Å². The predicted molar refractivity (Wildman–Crippen MR) is 82.2 cm³/mol. The SMILES string of the molecule is NS(=O)(=O)c1ccccc1C(=O)Nc1ccc(Cl)cc1Cl. The van der Waals surface area contributed by atoms with Crippen molar-refractivity contribution in [2.45, 2.75) is 4.90 Å². The van der Waals surface area contributed by atoms with Crippen LogP contribution in [0, 0.1) is 0 Å². The molecule has 8 heteroatoms. The lowest BCUT2D eigenvalue weighted by Crippen LogP contribution is -2.20. The quantitative estimate of drug-likeness (QED) is 0.896. The molecular weight excluding hydrogens is 335 g/mol. The number of anilines is 1. The summed E-state index contributed by atoms with van der Waals surface area (Å²) >= 11 is 11.7. The summed E-state index contributed by atoms with van der Waals surface area (Å²) in [5, 5.41) is 8.26. The van der Waals surface area contributed by atoms with E-state index in [4.69, 9.17) is 28.3 Å². The van der Waals surface area contributed by atoms with Crippen LogP contribution in [0.3, 0.4) is 0 Å². The highest BCUT2D eigenvalue weighted by molar-refractivity contribution is 7.89. The van der Waals surface area contributed by atoms with E-state index < -0.39 is 15.9 Å². The van der Waals surface area contributed by atoms with Gasteiger partial charge in [0.05, 0.1) is 21.2 Å². The molecule has 3 N–H and O–H groups in total. The molecule has 0 radical (unpaired) electrons. The van der Waals surface area contributed by atoms with Crippen molar-refractivity contribution in [3.8, 4) is 0 Å². The van der Waals surface area contributed by atoms with Crippen molar-refractivity contribution < 1.29 is 13.2 Å². The van der Waals surface area contributed by atoms with Crippen LogP contribution >= 0.6 is 23.2 Å². The van der Waals surface area contributed by atoms with Crippen molar-refractivity contribution in [3.05, 3.63) is 58.1 Å². The highest BCUT2D eigenvalue weighted by Crippen LogP contribution is 2.26. The molecule has 5 nitrogen and oxygen atoms in total. The van der Waals surface area contributed by atoms with Crippen molar-refractivity contribution in [2.75, 3.05) is 5.32 Å². The summed E-state index contributed by atoms with van der Waals surface area (Å²) < 4.78 is 23.0. The lowest BCUT2D eigenvalue weighted by Gasteiger charge is -2.10. The first kappa shape index (κ1) is 15.8. The van der Waals surface area contributed by atoms with Crippen LogP contribution in [0.4, 0.5) is 5.69 Å². The molecule has 0 saturated carbocycles. The zero-order valence-corrected chi connectivity index (χ0v) is 12.8. The molecule has 21 heavy (non-hydrogen) atoms. The number of nitrogens with one attached hydrogen (secondary N) is 1. The second kappa shape index (κ2) is 6.03. The molecule has 0 aliphatic heterocycles. The third kappa shape index (κ3) is 3.74. The fraction of sp³-hybridized carbons (Fsp3) is 0. The molecule has 0 bridgehead atoms. The average molecular weight is 345 g/mol. The highest BCUT2D eigenvalue weighted by atomic mass is 35.5. The van der Waals surface area contributed by atoms with E-state index in [1.165, 1.54) is 36.4 Å². The first-order chi connectivity index (χ1) is 9.79. The van der Waals surface area contributed by atoms with Gasteiger partial charge in [-0.25, -0.2) is 13.6 Å². The minimum Gasteiger partial charge on any atom is -0.321 e. The van der Waals surface area contributed by atoms with E-state index >= 15 is 0 Å². The largest absolute Gasteiger partial charge is 0.321 e. The normalized spacial score (nSPS) is 11.2. The zero-order valence-electron chi connectivity index (χ0n) is 10.5. The molecule has 2 rings (SSSR count). The van der Waals surface area contributed by atoms with Gasteiger partial charge in [-0.1, -0.05) is 35.3 Å². The zero-order chi connectivity index (χ0) is 15.6. The maximum absolute atomic E-state index is 12.2. The van der Waals surface area contributed by atoms with Gasteiger partial charge in [-0.2, -0.15) is 0 Å². The molecule has 0 unspecified atom stereocenters. The number of amides is 1.